The molecule has 1 aliphatic heterocycles. The van der Waals surface area contributed by atoms with Crippen LogP contribution in [0.1, 0.15) is 64.7 Å². The summed E-state index contributed by atoms with van der Waals surface area (Å²) < 4.78 is 6.00. The molecule has 4 heteroatoms. The Labute approximate surface area is 167 Å². The second-order valence-electron chi connectivity index (χ2n) is 10.6. The molecule has 0 aromatic rings. The number of allylic oxidation sites excluding steroid dienone is 2. The van der Waals surface area contributed by atoms with E-state index in [-0.39, 0.29) is 17.0 Å². The van der Waals surface area contributed by atoms with Gasteiger partial charge in [-0.05, 0) is 105 Å². The first kappa shape index (κ1) is 17.3. The van der Waals surface area contributed by atoms with Crippen LogP contribution < -0.4 is 0 Å². The molecule has 0 bridgehead atoms. The van der Waals surface area contributed by atoms with Crippen molar-refractivity contribution in [3.05, 3.63) is 23.8 Å². The highest BCUT2D eigenvalue weighted by Gasteiger charge is 2.66. The molecule has 5 aliphatic carbocycles. The Morgan fingerprint density at radius 2 is 2.00 bits per heavy atom. The Balaban J connectivity index is 1.39. The van der Waals surface area contributed by atoms with Gasteiger partial charge < -0.3 is 9.94 Å². The number of hydrogen-bond donors (Lipinski definition) is 1. The van der Waals surface area contributed by atoms with Gasteiger partial charge >= 0.3 is 5.97 Å². The minimum absolute atomic E-state index is 0.0948. The van der Waals surface area contributed by atoms with E-state index in [0.29, 0.717) is 11.8 Å². The molecule has 0 aromatic carbocycles. The smallest absolute Gasteiger partial charge is 0.331 e. The van der Waals surface area contributed by atoms with Crippen LogP contribution in [0.15, 0.2) is 29.0 Å². The third-order valence-electron chi connectivity index (χ3n) is 9.72. The number of carbonyl (C=O) groups excluding carboxylic acids is 1. The van der Waals surface area contributed by atoms with Gasteiger partial charge in [0.25, 0.3) is 0 Å². The normalized spacial score (nSPS) is 50.9. The molecule has 3 unspecified atom stereocenters. The van der Waals surface area contributed by atoms with Crippen molar-refractivity contribution in [3.63, 3.8) is 0 Å². The van der Waals surface area contributed by atoms with Crippen LogP contribution in [0, 0.1) is 40.9 Å². The van der Waals surface area contributed by atoms with Gasteiger partial charge in [-0.3, -0.25) is 0 Å². The van der Waals surface area contributed by atoms with Crippen LogP contribution in [0.25, 0.3) is 0 Å². The van der Waals surface area contributed by atoms with E-state index in [9.17, 15) is 10.0 Å². The number of carbonyl (C=O) groups is 1. The first-order valence-corrected chi connectivity index (χ1v) is 11.4. The number of rotatable bonds is 1. The van der Waals surface area contributed by atoms with Crippen LogP contribution in [0.2, 0.25) is 0 Å². The Morgan fingerprint density at radius 1 is 1.14 bits per heavy atom. The average Bonchev–Trinajstić information content (AvgIpc) is 3.42. The predicted molar refractivity (Wildman–Crippen MR) is 106 cm³/mol. The number of nitrogens with zero attached hydrogens (tertiary/aromatic N) is 1. The van der Waals surface area contributed by atoms with Crippen molar-refractivity contribution in [1.82, 2.24) is 0 Å². The summed E-state index contributed by atoms with van der Waals surface area (Å²) in [4.78, 5) is 12.0. The molecule has 150 valence electrons. The molecule has 0 saturated heterocycles. The van der Waals surface area contributed by atoms with E-state index in [0.717, 1.165) is 48.6 Å². The maximum atomic E-state index is 12.0. The average molecular weight is 382 g/mol. The molecule has 28 heavy (non-hydrogen) atoms. The summed E-state index contributed by atoms with van der Waals surface area (Å²) in [5.41, 5.74) is 2.20. The summed E-state index contributed by atoms with van der Waals surface area (Å²) in [6, 6.07) is 0. The Bertz CT molecular complexity index is 809. The first-order valence-electron chi connectivity index (χ1n) is 11.4. The zero-order chi connectivity index (χ0) is 19.1. The first-order chi connectivity index (χ1) is 13.5. The molecule has 1 spiro atoms. The second-order valence-corrected chi connectivity index (χ2v) is 10.6. The van der Waals surface area contributed by atoms with Gasteiger partial charge in [-0.1, -0.05) is 17.7 Å². The van der Waals surface area contributed by atoms with Gasteiger partial charge in [-0.15, -0.1) is 0 Å². The van der Waals surface area contributed by atoms with Crippen molar-refractivity contribution in [3.8, 4) is 0 Å². The highest BCUT2D eigenvalue weighted by Crippen LogP contribution is 2.69. The third-order valence-corrected chi connectivity index (χ3v) is 9.72. The van der Waals surface area contributed by atoms with Gasteiger partial charge in [0.2, 0.25) is 0 Å². The van der Waals surface area contributed by atoms with Crippen LogP contribution >= 0.6 is 0 Å². The fourth-order valence-electron chi connectivity index (χ4n) is 8.31. The van der Waals surface area contributed by atoms with E-state index in [2.05, 4.69) is 24.2 Å². The molecule has 4 saturated carbocycles. The largest absolute Gasteiger partial charge is 0.451 e. The summed E-state index contributed by atoms with van der Waals surface area (Å²) in [5.74, 6) is 4.39. The van der Waals surface area contributed by atoms with Crippen LogP contribution in [-0.4, -0.2) is 22.5 Å². The molecule has 4 fully saturated rings. The van der Waals surface area contributed by atoms with Gasteiger partial charge in [-0.25, -0.2) is 4.79 Å². The SMILES string of the molecule is C[C@]12CCC3C(C1CC[C@@]21C=CC(=O)O1)[C@H](C1CC1)CC1=C/C(=N/O)CC[C@@H]13. The van der Waals surface area contributed by atoms with Crippen molar-refractivity contribution in [2.24, 2.45) is 46.1 Å². The quantitative estimate of drug-likeness (QED) is 0.400. The molecule has 0 aromatic heterocycles. The molecule has 6 aliphatic rings. The summed E-state index contributed by atoms with van der Waals surface area (Å²) in [7, 11) is 0. The standard InChI is InChI=1S/C24H31NO3/c1-23-9-6-18-17-5-4-16(25-27)12-15(17)13-19(14-2-3-14)22(18)20(23)7-10-24(23)11-8-21(26)28-24/h8,11-12,14,17-20,22,27H,2-7,9-10,13H2,1H3/b25-16+/t17-,18?,19-,20?,22?,23-,24+/m0/s1. The maximum absolute atomic E-state index is 12.0. The second kappa shape index (κ2) is 5.73. The molecule has 7 atom stereocenters. The van der Waals surface area contributed by atoms with Gasteiger partial charge in [0.15, 0.2) is 0 Å². The number of esters is 1. The number of hydrogen-bond acceptors (Lipinski definition) is 4. The predicted octanol–water partition coefficient (Wildman–Crippen LogP) is 4.88. The van der Waals surface area contributed by atoms with E-state index < -0.39 is 0 Å². The van der Waals surface area contributed by atoms with E-state index in [1.807, 2.05) is 0 Å². The zero-order valence-electron chi connectivity index (χ0n) is 16.8. The Morgan fingerprint density at radius 3 is 2.71 bits per heavy atom. The lowest BCUT2D eigenvalue weighted by molar-refractivity contribution is -0.163. The minimum atomic E-state index is -0.340. The fourth-order valence-corrected chi connectivity index (χ4v) is 8.31. The van der Waals surface area contributed by atoms with Crippen LogP contribution in [0.5, 0.6) is 0 Å². The van der Waals surface area contributed by atoms with Crippen LogP contribution in [0.3, 0.4) is 0 Å². The maximum Gasteiger partial charge on any atom is 0.331 e. The third kappa shape index (κ3) is 2.18. The van der Waals surface area contributed by atoms with E-state index in [4.69, 9.17) is 4.74 Å². The summed E-state index contributed by atoms with van der Waals surface area (Å²) in [6.07, 6.45) is 16.7. The lowest BCUT2D eigenvalue weighted by Gasteiger charge is -2.58. The fraction of sp³-hybridized carbons (Fsp3) is 0.750. The van der Waals surface area contributed by atoms with Gasteiger partial charge in [-0.2, -0.15) is 0 Å². The summed E-state index contributed by atoms with van der Waals surface area (Å²) >= 11 is 0. The summed E-state index contributed by atoms with van der Waals surface area (Å²) in [6.45, 7) is 2.43. The molecule has 1 N–H and O–H groups in total. The molecule has 1 heterocycles. The zero-order valence-corrected chi connectivity index (χ0v) is 16.8. The monoisotopic (exact) mass is 381 g/mol. The van der Waals surface area contributed by atoms with E-state index >= 15 is 0 Å². The Kier molecular flexibility index (Phi) is 3.54. The molecular formula is C24H31NO3. The number of ether oxygens (including phenoxy) is 1. The molecule has 6 rings (SSSR count). The topological polar surface area (TPSA) is 58.9 Å². The van der Waals surface area contributed by atoms with Crippen molar-refractivity contribution in [2.75, 3.05) is 0 Å². The van der Waals surface area contributed by atoms with Gasteiger partial charge in [0, 0.05) is 11.5 Å². The van der Waals surface area contributed by atoms with Gasteiger partial charge in [0.1, 0.15) is 5.60 Å². The highest BCUT2D eigenvalue weighted by atomic mass is 16.6. The highest BCUT2D eigenvalue weighted by molar-refractivity contribution is 5.96. The van der Waals surface area contributed by atoms with Crippen LogP contribution in [0.4, 0.5) is 0 Å². The minimum Gasteiger partial charge on any atom is -0.451 e. The van der Waals surface area contributed by atoms with Crippen molar-refractivity contribution in [1.29, 1.82) is 0 Å². The lowest BCUT2D eigenvalue weighted by Crippen LogP contribution is -2.54. The molecule has 4 nitrogen and oxygen atoms in total. The van der Waals surface area contributed by atoms with Crippen molar-refractivity contribution >= 4 is 11.7 Å². The van der Waals surface area contributed by atoms with Crippen molar-refractivity contribution < 1.29 is 14.7 Å². The van der Waals surface area contributed by atoms with E-state index in [1.54, 1.807) is 11.6 Å². The lowest BCUT2D eigenvalue weighted by atomic mass is 9.47. The number of fused-ring (bicyclic) bond motifs is 6. The van der Waals surface area contributed by atoms with Crippen LogP contribution in [-0.2, 0) is 9.53 Å². The molecular weight excluding hydrogens is 350 g/mol. The summed E-state index contributed by atoms with van der Waals surface area (Å²) in [5, 5.41) is 12.8. The van der Waals surface area contributed by atoms with Gasteiger partial charge in [0.05, 0.1) is 5.71 Å². The molecule has 0 amide bonds. The van der Waals surface area contributed by atoms with E-state index in [1.165, 1.54) is 38.5 Å². The number of oxime groups is 1. The Hall–Kier alpha value is -1.58. The molecule has 0 radical (unpaired) electrons. The van der Waals surface area contributed by atoms with Crippen molar-refractivity contribution in [2.45, 2.75) is 70.3 Å².